The number of pyridine rings is 2. The highest BCUT2D eigenvalue weighted by molar-refractivity contribution is 7.98. The van der Waals surface area contributed by atoms with Gasteiger partial charge in [0.2, 0.25) is 0 Å². The van der Waals surface area contributed by atoms with Crippen LogP contribution in [-0.4, -0.2) is 25.4 Å². The highest BCUT2D eigenvalue weighted by Crippen LogP contribution is 2.23. The van der Waals surface area contributed by atoms with E-state index >= 15 is 0 Å². The zero-order valence-electron chi connectivity index (χ0n) is 10.7. The van der Waals surface area contributed by atoms with E-state index in [2.05, 4.69) is 9.97 Å². The molecule has 0 aromatic carbocycles. The first-order chi connectivity index (χ1) is 10.1. The fourth-order valence-electron chi connectivity index (χ4n) is 1.86. The standard InChI is InChI=1S/C14H10ClN3O2S/c15-9-1-2-13-17-10(7-18(13)6-9)8-21-11-3-4-16-12(5-11)14(19)20/h1-7H,8H2,(H,19,20). The maximum absolute atomic E-state index is 10.9. The Balaban J connectivity index is 1.77. The van der Waals surface area contributed by atoms with Gasteiger partial charge in [0.1, 0.15) is 11.3 Å². The molecule has 0 fully saturated rings. The van der Waals surface area contributed by atoms with Crippen LogP contribution in [0.25, 0.3) is 5.65 Å². The van der Waals surface area contributed by atoms with Crippen molar-refractivity contribution < 1.29 is 9.90 Å². The fourth-order valence-corrected chi connectivity index (χ4v) is 2.84. The maximum atomic E-state index is 10.9. The molecule has 3 aromatic heterocycles. The summed E-state index contributed by atoms with van der Waals surface area (Å²) in [6, 6.07) is 6.98. The lowest BCUT2D eigenvalue weighted by Crippen LogP contribution is -1.99. The second-order valence-corrected chi connectivity index (χ2v) is 5.80. The lowest BCUT2D eigenvalue weighted by atomic mass is 10.3. The van der Waals surface area contributed by atoms with Gasteiger partial charge in [0.25, 0.3) is 0 Å². The summed E-state index contributed by atoms with van der Waals surface area (Å²) in [6.07, 6.45) is 5.20. The number of aromatic carboxylic acids is 1. The van der Waals surface area contributed by atoms with Crippen LogP contribution in [-0.2, 0) is 5.75 Å². The highest BCUT2D eigenvalue weighted by atomic mass is 35.5. The van der Waals surface area contributed by atoms with E-state index in [-0.39, 0.29) is 5.69 Å². The van der Waals surface area contributed by atoms with Crippen LogP contribution in [0, 0.1) is 0 Å². The van der Waals surface area contributed by atoms with Gasteiger partial charge < -0.3 is 9.51 Å². The van der Waals surface area contributed by atoms with Gasteiger partial charge in [-0.15, -0.1) is 11.8 Å². The number of fused-ring (bicyclic) bond motifs is 1. The van der Waals surface area contributed by atoms with Crippen LogP contribution in [0.3, 0.4) is 0 Å². The Hall–Kier alpha value is -2.05. The number of hydrogen-bond donors (Lipinski definition) is 1. The number of halogens is 1. The van der Waals surface area contributed by atoms with Crippen molar-refractivity contribution in [3.05, 3.63) is 59.3 Å². The Morgan fingerprint density at radius 3 is 3.00 bits per heavy atom. The van der Waals surface area contributed by atoms with Crippen molar-refractivity contribution in [3.8, 4) is 0 Å². The van der Waals surface area contributed by atoms with Crippen LogP contribution in [0.15, 0.2) is 47.8 Å². The van der Waals surface area contributed by atoms with Gasteiger partial charge in [0, 0.05) is 29.2 Å². The first-order valence-electron chi connectivity index (χ1n) is 6.07. The molecule has 0 radical (unpaired) electrons. The molecule has 5 nitrogen and oxygen atoms in total. The van der Waals surface area contributed by atoms with E-state index in [0.717, 1.165) is 16.2 Å². The Bertz CT molecular complexity index is 819. The Morgan fingerprint density at radius 1 is 1.33 bits per heavy atom. The quantitative estimate of drug-likeness (QED) is 0.747. The number of rotatable bonds is 4. The molecule has 0 amide bonds. The number of thioether (sulfide) groups is 1. The maximum Gasteiger partial charge on any atom is 0.354 e. The minimum Gasteiger partial charge on any atom is -0.477 e. The average Bonchev–Trinajstić information content (AvgIpc) is 2.87. The summed E-state index contributed by atoms with van der Waals surface area (Å²) in [5, 5.41) is 9.57. The monoisotopic (exact) mass is 319 g/mol. The summed E-state index contributed by atoms with van der Waals surface area (Å²) in [7, 11) is 0. The topological polar surface area (TPSA) is 67.5 Å². The van der Waals surface area contributed by atoms with Gasteiger partial charge in [0.15, 0.2) is 0 Å². The van der Waals surface area contributed by atoms with Crippen LogP contribution < -0.4 is 0 Å². The third-order valence-corrected chi connectivity index (χ3v) is 4.05. The third kappa shape index (κ3) is 3.17. The van der Waals surface area contributed by atoms with Crippen molar-refractivity contribution >= 4 is 35.0 Å². The van der Waals surface area contributed by atoms with Crippen LogP contribution >= 0.6 is 23.4 Å². The Kier molecular flexibility index (Phi) is 3.81. The zero-order chi connectivity index (χ0) is 14.8. The SMILES string of the molecule is O=C(O)c1cc(SCc2cn3cc(Cl)ccc3n2)ccn1. The highest BCUT2D eigenvalue weighted by Gasteiger charge is 2.07. The molecule has 3 rings (SSSR count). The molecule has 3 heterocycles. The molecule has 0 spiro atoms. The molecule has 106 valence electrons. The summed E-state index contributed by atoms with van der Waals surface area (Å²) in [4.78, 5) is 20.0. The van der Waals surface area contributed by atoms with Crippen LogP contribution in [0.1, 0.15) is 16.2 Å². The van der Waals surface area contributed by atoms with Gasteiger partial charge in [0.05, 0.1) is 10.7 Å². The summed E-state index contributed by atoms with van der Waals surface area (Å²) >= 11 is 7.44. The van der Waals surface area contributed by atoms with Gasteiger partial charge >= 0.3 is 5.97 Å². The first kappa shape index (κ1) is 13.9. The number of hydrogen-bond acceptors (Lipinski definition) is 4. The van der Waals surface area contributed by atoms with Crippen molar-refractivity contribution in [1.29, 1.82) is 0 Å². The van der Waals surface area contributed by atoms with Crippen molar-refractivity contribution in [1.82, 2.24) is 14.4 Å². The predicted octanol–water partition coefficient (Wildman–Crippen LogP) is 3.37. The molecule has 0 atom stereocenters. The molecule has 0 saturated heterocycles. The molecule has 1 N–H and O–H groups in total. The van der Waals surface area contributed by atoms with E-state index in [9.17, 15) is 4.79 Å². The smallest absolute Gasteiger partial charge is 0.354 e. The van der Waals surface area contributed by atoms with Gasteiger partial charge in [-0.3, -0.25) is 0 Å². The molecule has 0 aliphatic heterocycles. The summed E-state index contributed by atoms with van der Waals surface area (Å²) in [6.45, 7) is 0. The van der Waals surface area contributed by atoms with Crippen molar-refractivity contribution in [3.63, 3.8) is 0 Å². The Labute approximate surface area is 129 Å². The minimum absolute atomic E-state index is 0.0433. The number of aromatic nitrogens is 3. The number of imidazole rings is 1. The lowest BCUT2D eigenvalue weighted by molar-refractivity contribution is 0.0690. The van der Waals surface area contributed by atoms with Crippen molar-refractivity contribution in [2.45, 2.75) is 10.6 Å². The average molecular weight is 320 g/mol. The second kappa shape index (κ2) is 5.75. The molecule has 0 aliphatic rings. The summed E-state index contributed by atoms with van der Waals surface area (Å²) < 4.78 is 1.87. The van der Waals surface area contributed by atoms with Crippen LogP contribution in [0.5, 0.6) is 0 Å². The van der Waals surface area contributed by atoms with Gasteiger partial charge in [-0.25, -0.2) is 14.8 Å². The molecule has 0 saturated carbocycles. The molecule has 3 aromatic rings. The molecule has 21 heavy (non-hydrogen) atoms. The predicted molar refractivity (Wildman–Crippen MR) is 81.0 cm³/mol. The molecular weight excluding hydrogens is 310 g/mol. The number of carboxylic acid groups (broad SMARTS) is 1. The van der Waals surface area contributed by atoms with Gasteiger partial charge in [-0.1, -0.05) is 11.6 Å². The van der Waals surface area contributed by atoms with E-state index < -0.39 is 5.97 Å². The zero-order valence-corrected chi connectivity index (χ0v) is 12.3. The van der Waals surface area contributed by atoms with E-state index in [1.54, 1.807) is 24.4 Å². The molecule has 0 aliphatic carbocycles. The molecular formula is C14H10ClN3O2S. The molecule has 7 heteroatoms. The van der Waals surface area contributed by atoms with E-state index in [4.69, 9.17) is 16.7 Å². The van der Waals surface area contributed by atoms with Gasteiger partial charge in [-0.05, 0) is 24.3 Å². The molecule has 0 unspecified atom stereocenters. The van der Waals surface area contributed by atoms with Crippen molar-refractivity contribution in [2.75, 3.05) is 0 Å². The van der Waals surface area contributed by atoms with Gasteiger partial charge in [-0.2, -0.15) is 0 Å². The fraction of sp³-hybridized carbons (Fsp3) is 0.0714. The summed E-state index contributed by atoms with van der Waals surface area (Å²) in [5.41, 5.74) is 1.77. The first-order valence-corrected chi connectivity index (χ1v) is 7.43. The third-order valence-electron chi connectivity index (χ3n) is 2.80. The van der Waals surface area contributed by atoms with E-state index in [0.29, 0.717) is 10.8 Å². The van der Waals surface area contributed by atoms with Crippen molar-refractivity contribution in [2.24, 2.45) is 0 Å². The Morgan fingerprint density at radius 2 is 2.19 bits per heavy atom. The van der Waals surface area contributed by atoms with Crippen LogP contribution in [0.4, 0.5) is 0 Å². The van der Waals surface area contributed by atoms with E-state index in [1.807, 2.05) is 16.7 Å². The number of carbonyl (C=O) groups is 1. The normalized spacial score (nSPS) is 10.9. The minimum atomic E-state index is -1.03. The second-order valence-electron chi connectivity index (χ2n) is 4.32. The van der Waals surface area contributed by atoms with E-state index in [1.165, 1.54) is 18.0 Å². The number of carboxylic acids is 1. The van der Waals surface area contributed by atoms with Crippen LogP contribution in [0.2, 0.25) is 5.02 Å². The lowest BCUT2D eigenvalue weighted by Gasteiger charge is -2.00. The molecule has 0 bridgehead atoms. The summed E-state index contributed by atoms with van der Waals surface area (Å²) in [5.74, 6) is -0.387. The number of nitrogens with zero attached hydrogens (tertiary/aromatic N) is 3. The largest absolute Gasteiger partial charge is 0.477 e.